The van der Waals surface area contributed by atoms with Crippen LogP contribution in [-0.4, -0.2) is 15.2 Å². The van der Waals surface area contributed by atoms with Crippen molar-refractivity contribution < 1.29 is 17.6 Å². The second kappa shape index (κ2) is 6.29. The molecule has 0 saturated carbocycles. The van der Waals surface area contributed by atoms with Gasteiger partial charge in [0.15, 0.2) is 0 Å². The summed E-state index contributed by atoms with van der Waals surface area (Å²) in [5.74, 6) is -0.636. The lowest BCUT2D eigenvalue weighted by Gasteiger charge is -2.12. The fraction of sp³-hybridized carbons (Fsp3) is 0.0625. The Morgan fingerprint density at radius 2 is 1.56 bits per heavy atom. The quantitative estimate of drug-likeness (QED) is 0.671. The molecule has 3 aromatic rings. The first kappa shape index (κ1) is 17.1. The molecule has 0 fully saturated rings. The molecule has 0 bridgehead atoms. The Hall–Kier alpha value is -2.74. The van der Waals surface area contributed by atoms with Gasteiger partial charge >= 0.3 is 6.18 Å². The third-order valence-electron chi connectivity index (χ3n) is 3.32. The lowest BCUT2D eigenvalue weighted by Crippen LogP contribution is -2.06. The van der Waals surface area contributed by atoms with Crippen molar-refractivity contribution in [2.45, 2.75) is 6.18 Å². The van der Waals surface area contributed by atoms with Crippen LogP contribution in [-0.2, 0) is 6.18 Å². The van der Waals surface area contributed by atoms with Crippen LogP contribution in [0.2, 0.25) is 5.02 Å². The highest BCUT2D eigenvalue weighted by Gasteiger charge is 2.31. The van der Waals surface area contributed by atoms with Crippen molar-refractivity contribution in [2.75, 3.05) is 5.73 Å². The van der Waals surface area contributed by atoms with Crippen LogP contribution in [0.15, 0.2) is 42.5 Å². The van der Waals surface area contributed by atoms with Gasteiger partial charge in [0.25, 0.3) is 0 Å². The minimum absolute atomic E-state index is 0.0498. The van der Waals surface area contributed by atoms with Crippen molar-refractivity contribution in [3.8, 4) is 22.5 Å². The van der Waals surface area contributed by atoms with E-state index in [0.29, 0.717) is 5.56 Å². The smallest absolute Gasteiger partial charge is 0.366 e. The van der Waals surface area contributed by atoms with Gasteiger partial charge < -0.3 is 5.73 Å². The van der Waals surface area contributed by atoms with E-state index in [1.807, 2.05) is 0 Å². The van der Waals surface area contributed by atoms with Crippen LogP contribution in [0.5, 0.6) is 0 Å². The highest BCUT2D eigenvalue weighted by atomic mass is 35.5. The van der Waals surface area contributed by atoms with Crippen LogP contribution in [0.25, 0.3) is 22.5 Å². The number of hydrogen-bond donors (Lipinski definition) is 1. The molecule has 2 aromatic carbocycles. The maximum atomic E-state index is 13.1. The molecule has 1 heterocycles. The van der Waals surface area contributed by atoms with Gasteiger partial charge in [-0.15, -0.1) is 10.2 Å². The van der Waals surface area contributed by atoms with E-state index in [4.69, 9.17) is 17.3 Å². The zero-order chi connectivity index (χ0) is 18.2. The Bertz CT molecular complexity index is 926. The summed E-state index contributed by atoms with van der Waals surface area (Å²) in [7, 11) is 0. The van der Waals surface area contributed by atoms with Gasteiger partial charge in [-0.1, -0.05) is 11.6 Å². The summed E-state index contributed by atoms with van der Waals surface area (Å²) in [5, 5.41) is 7.34. The van der Waals surface area contributed by atoms with E-state index in [2.05, 4.69) is 15.2 Å². The summed E-state index contributed by atoms with van der Waals surface area (Å²) in [6.45, 7) is 0. The Labute approximate surface area is 144 Å². The largest absolute Gasteiger partial charge is 0.416 e. The molecular weight excluding hydrogens is 360 g/mol. The van der Waals surface area contributed by atoms with Crippen LogP contribution in [0, 0.1) is 5.82 Å². The van der Waals surface area contributed by atoms with Crippen molar-refractivity contribution >= 4 is 17.5 Å². The molecule has 0 amide bonds. The number of rotatable bonds is 2. The molecule has 0 aliphatic carbocycles. The van der Waals surface area contributed by atoms with Crippen molar-refractivity contribution in [3.05, 3.63) is 58.9 Å². The normalized spacial score (nSPS) is 11.6. The number of hydrogen-bond acceptors (Lipinski definition) is 4. The molecule has 0 atom stereocenters. The predicted molar refractivity (Wildman–Crippen MR) is 85.1 cm³/mol. The van der Waals surface area contributed by atoms with Gasteiger partial charge in [0.2, 0.25) is 5.95 Å². The maximum absolute atomic E-state index is 13.1. The Kier molecular flexibility index (Phi) is 4.30. The molecule has 0 radical (unpaired) electrons. The average molecular weight is 369 g/mol. The maximum Gasteiger partial charge on any atom is 0.416 e. The van der Waals surface area contributed by atoms with Gasteiger partial charge in [0.1, 0.15) is 17.2 Å². The average Bonchev–Trinajstić information content (AvgIpc) is 2.54. The van der Waals surface area contributed by atoms with Crippen molar-refractivity contribution in [1.29, 1.82) is 0 Å². The van der Waals surface area contributed by atoms with E-state index in [1.54, 1.807) is 0 Å². The standard InChI is InChI=1S/C16H9ClF4N4/c17-11-6-9(5-10(7-11)16(19,20)21)14-13(23-15(22)25-24-14)8-1-3-12(18)4-2-8/h1-7H,(H2,22,23,25). The van der Waals surface area contributed by atoms with Crippen molar-refractivity contribution in [1.82, 2.24) is 15.2 Å². The zero-order valence-electron chi connectivity index (χ0n) is 12.4. The molecule has 0 spiro atoms. The van der Waals surface area contributed by atoms with Gasteiger partial charge in [-0.3, -0.25) is 0 Å². The lowest BCUT2D eigenvalue weighted by atomic mass is 10.0. The molecule has 0 saturated heterocycles. The third kappa shape index (κ3) is 3.69. The fourth-order valence-corrected chi connectivity index (χ4v) is 2.47. The molecular formula is C16H9ClF4N4. The molecule has 0 aliphatic heterocycles. The first-order valence-corrected chi connectivity index (χ1v) is 7.26. The monoisotopic (exact) mass is 368 g/mol. The number of aromatic nitrogens is 3. The summed E-state index contributed by atoms with van der Waals surface area (Å²) in [5.41, 5.74) is 5.32. The molecule has 0 unspecified atom stereocenters. The number of alkyl halides is 3. The van der Waals surface area contributed by atoms with Gasteiger partial charge in [0, 0.05) is 16.1 Å². The number of nitrogen functional groups attached to an aromatic ring is 1. The molecule has 1 aromatic heterocycles. The van der Waals surface area contributed by atoms with E-state index in [9.17, 15) is 17.6 Å². The highest BCUT2D eigenvalue weighted by Crippen LogP contribution is 2.36. The Balaban J connectivity index is 2.22. The van der Waals surface area contributed by atoms with Crippen molar-refractivity contribution in [2.24, 2.45) is 0 Å². The zero-order valence-corrected chi connectivity index (χ0v) is 13.1. The van der Waals surface area contributed by atoms with Gasteiger partial charge in [-0.05, 0) is 42.5 Å². The lowest BCUT2D eigenvalue weighted by molar-refractivity contribution is -0.137. The summed E-state index contributed by atoms with van der Waals surface area (Å²) in [6, 6.07) is 8.22. The molecule has 25 heavy (non-hydrogen) atoms. The number of nitrogens with two attached hydrogens (primary N) is 1. The summed E-state index contributed by atoms with van der Waals surface area (Å²) >= 11 is 5.81. The Morgan fingerprint density at radius 3 is 2.20 bits per heavy atom. The summed E-state index contributed by atoms with van der Waals surface area (Å²) in [6.07, 6.45) is -4.58. The van der Waals surface area contributed by atoms with E-state index in [0.717, 1.165) is 12.1 Å². The van der Waals surface area contributed by atoms with Gasteiger partial charge in [0.05, 0.1) is 5.56 Å². The molecule has 4 nitrogen and oxygen atoms in total. The summed E-state index contributed by atoms with van der Waals surface area (Å²) in [4.78, 5) is 4.03. The van der Waals surface area contributed by atoms with Crippen LogP contribution in [0.3, 0.4) is 0 Å². The highest BCUT2D eigenvalue weighted by molar-refractivity contribution is 6.31. The second-order valence-electron chi connectivity index (χ2n) is 5.10. The topological polar surface area (TPSA) is 64.7 Å². The minimum Gasteiger partial charge on any atom is -0.366 e. The molecule has 3 rings (SSSR count). The number of nitrogens with zero attached hydrogens (tertiary/aromatic N) is 3. The summed E-state index contributed by atoms with van der Waals surface area (Å²) < 4.78 is 52.2. The van der Waals surface area contributed by atoms with E-state index < -0.39 is 17.6 Å². The van der Waals surface area contributed by atoms with Crippen molar-refractivity contribution in [3.63, 3.8) is 0 Å². The van der Waals surface area contributed by atoms with Crippen LogP contribution < -0.4 is 5.73 Å². The predicted octanol–water partition coefficient (Wildman–Crippen LogP) is 4.60. The first-order valence-electron chi connectivity index (χ1n) is 6.88. The second-order valence-corrected chi connectivity index (χ2v) is 5.54. The first-order chi connectivity index (χ1) is 11.7. The molecule has 0 aliphatic rings. The number of anilines is 1. The van der Waals surface area contributed by atoms with Crippen LogP contribution >= 0.6 is 11.6 Å². The van der Waals surface area contributed by atoms with Gasteiger partial charge in [-0.25, -0.2) is 9.37 Å². The van der Waals surface area contributed by atoms with E-state index in [-0.39, 0.29) is 27.9 Å². The third-order valence-corrected chi connectivity index (χ3v) is 3.54. The molecule has 2 N–H and O–H groups in total. The molecule has 9 heteroatoms. The fourth-order valence-electron chi connectivity index (χ4n) is 2.23. The van der Waals surface area contributed by atoms with E-state index in [1.165, 1.54) is 30.3 Å². The molecule has 128 valence electrons. The minimum atomic E-state index is -4.58. The number of benzene rings is 2. The van der Waals surface area contributed by atoms with Gasteiger partial charge in [-0.2, -0.15) is 13.2 Å². The SMILES string of the molecule is Nc1nnc(-c2cc(Cl)cc(C(F)(F)F)c2)c(-c2ccc(F)cc2)n1. The van der Waals surface area contributed by atoms with Crippen LogP contribution in [0.1, 0.15) is 5.56 Å². The number of halogens is 5. The Morgan fingerprint density at radius 1 is 0.880 bits per heavy atom. The van der Waals surface area contributed by atoms with E-state index >= 15 is 0 Å². The van der Waals surface area contributed by atoms with Crippen LogP contribution in [0.4, 0.5) is 23.5 Å².